The summed E-state index contributed by atoms with van der Waals surface area (Å²) in [7, 11) is 1.54. The van der Waals surface area contributed by atoms with E-state index in [1.54, 1.807) is 7.05 Å². The summed E-state index contributed by atoms with van der Waals surface area (Å²) in [6.45, 7) is 0. The van der Waals surface area contributed by atoms with E-state index < -0.39 is 23.6 Å². The lowest BCUT2D eigenvalue weighted by Crippen LogP contribution is -2.23. The Kier molecular flexibility index (Phi) is 5.16. The monoisotopic (exact) mass is 432 g/mol. The van der Waals surface area contributed by atoms with Gasteiger partial charge in [0.05, 0.1) is 23.3 Å². The summed E-state index contributed by atoms with van der Waals surface area (Å²) >= 11 is 0. The fraction of sp³-hybridized carbons (Fsp3) is 0.333. The van der Waals surface area contributed by atoms with Crippen molar-refractivity contribution in [2.24, 2.45) is 13.0 Å². The molecule has 1 aliphatic rings. The molecule has 0 amide bonds. The molecule has 1 aromatic carbocycles. The van der Waals surface area contributed by atoms with Gasteiger partial charge < -0.3 is 15.0 Å². The van der Waals surface area contributed by atoms with Crippen LogP contribution in [0.25, 0.3) is 22.0 Å². The molecular formula is C21H19F3N4O3. The van der Waals surface area contributed by atoms with E-state index in [0.717, 1.165) is 12.1 Å². The first-order valence-corrected chi connectivity index (χ1v) is 9.66. The molecule has 10 heteroatoms. The van der Waals surface area contributed by atoms with Crippen molar-refractivity contribution in [2.75, 3.05) is 5.32 Å². The quantitative estimate of drug-likeness (QED) is 0.653. The Hall–Kier alpha value is -3.43. The first-order valence-electron chi connectivity index (χ1n) is 9.66. The maximum atomic E-state index is 12.9. The third kappa shape index (κ3) is 3.97. The number of anilines is 1. The highest BCUT2D eigenvalue weighted by molar-refractivity contribution is 5.98. The minimum absolute atomic E-state index is 0.154. The Morgan fingerprint density at radius 1 is 1.19 bits per heavy atom. The Morgan fingerprint density at radius 3 is 2.52 bits per heavy atom. The number of nitrogens with one attached hydrogen (secondary N) is 1. The van der Waals surface area contributed by atoms with Crippen LogP contribution in [0, 0.1) is 5.92 Å². The van der Waals surface area contributed by atoms with Crippen LogP contribution in [0.5, 0.6) is 0 Å². The molecule has 0 saturated heterocycles. The van der Waals surface area contributed by atoms with Crippen molar-refractivity contribution in [1.82, 2.24) is 14.5 Å². The topological polar surface area (TPSA) is 97.1 Å². The molecular weight excluding hydrogens is 413 g/mol. The number of hydrogen-bond donors (Lipinski definition) is 2. The van der Waals surface area contributed by atoms with Crippen molar-refractivity contribution in [1.29, 1.82) is 0 Å². The smallest absolute Gasteiger partial charge is 0.416 e. The van der Waals surface area contributed by atoms with Gasteiger partial charge in [0.1, 0.15) is 11.2 Å². The number of hydrogen-bond acceptors (Lipinski definition) is 5. The molecule has 2 atom stereocenters. The first-order chi connectivity index (χ1) is 14.6. The number of fused-ring (bicyclic) bond motifs is 1. The summed E-state index contributed by atoms with van der Waals surface area (Å²) < 4.78 is 39.9. The van der Waals surface area contributed by atoms with Crippen LogP contribution in [-0.4, -0.2) is 31.7 Å². The van der Waals surface area contributed by atoms with Crippen molar-refractivity contribution in [3.8, 4) is 11.1 Å². The second-order valence-electron chi connectivity index (χ2n) is 7.67. The number of halogens is 3. The molecule has 0 spiro atoms. The van der Waals surface area contributed by atoms with E-state index in [1.807, 2.05) is 0 Å². The van der Waals surface area contributed by atoms with Crippen LogP contribution in [0.4, 0.5) is 19.0 Å². The zero-order valence-electron chi connectivity index (χ0n) is 16.5. The summed E-state index contributed by atoms with van der Waals surface area (Å²) in [5, 5.41) is 12.6. The highest BCUT2D eigenvalue weighted by atomic mass is 19.4. The number of aryl methyl sites for hydroxylation is 1. The van der Waals surface area contributed by atoms with Gasteiger partial charge in [0.15, 0.2) is 0 Å². The van der Waals surface area contributed by atoms with Crippen molar-refractivity contribution < 1.29 is 23.1 Å². The van der Waals surface area contributed by atoms with Crippen LogP contribution in [-0.2, 0) is 18.0 Å². The summed E-state index contributed by atoms with van der Waals surface area (Å²) in [4.78, 5) is 32.8. The van der Waals surface area contributed by atoms with Crippen LogP contribution in [0.1, 0.15) is 24.8 Å². The van der Waals surface area contributed by atoms with Gasteiger partial charge in [-0.15, -0.1) is 0 Å². The standard InChI is InChI=1S/C21H19F3N4O3/c1-28-10-26-17-15(11-2-5-13(6-3-11)21(22,23)24)9-25-18(16(17)19(28)29)27-14-7-4-12(8-14)20(30)31/h2-3,5-6,9-10,12,14H,4,7-8H2,1H3,(H,25,27)(H,30,31)/t12-,14-/m0/s1. The van der Waals surface area contributed by atoms with Gasteiger partial charge in [0.25, 0.3) is 5.56 Å². The number of aromatic nitrogens is 3. The Bertz CT molecular complexity index is 1210. The van der Waals surface area contributed by atoms with Gasteiger partial charge >= 0.3 is 12.1 Å². The Labute approximate surface area is 174 Å². The predicted molar refractivity (Wildman–Crippen MR) is 108 cm³/mol. The van der Waals surface area contributed by atoms with Crippen LogP contribution in [0.2, 0.25) is 0 Å². The van der Waals surface area contributed by atoms with Gasteiger partial charge in [-0.25, -0.2) is 9.97 Å². The molecule has 1 saturated carbocycles. The second-order valence-corrected chi connectivity index (χ2v) is 7.67. The van der Waals surface area contributed by atoms with Gasteiger partial charge in [0.2, 0.25) is 0 Å². The summed E-state index contributed by atoms with van der Waals surface area (Å²) in [6.07, 6.45) is -0.0662. The highest BCUT2D eigenvalue weighted by Gasteiger charge is 2.31. The number of aliphatic carboxylic acids is 1. The SMILES string of the molecule is Cn1cnc2c(-c3ccc(C(F)(F)F)cc3)cnc(N[C@H]3CC[C@H](C(=O)O)C3)c2c1=O. The van der Waals surface area contributed by atoms with E-state index in [2.05, 4.69) is 15.3 Å². The minimum Gasteiger partial charge on any atom is -0.481 e. The van der Waals surface area contributed by atoms with E-state index in [1.165, 1.54) is 29.2 Å². The highest BCUT2D eigenvalue weighted by Crippen LogP contribution is 2.34. The van der Waals surface area contributed by atoms with Gasteiger partial charge in [-0.1, -0.05) is 12.1 Å². The van der Waals surface area contributed by atoms with E-state index in [9.17, 15) is 27.9 Å². The molecule has 1 aliphatic carbocycles. The van der Waals surface area contributed by atoms with Crippen molar-refractivity contribution in [2.45, 2.75) is 31.5 Å². The molecule has 2 heterocycles. The van der Waals surface area contributed by atoms with Crippen LogP contribution >= 0.6 is 0 Å². The van der Waals surface area contributed by atoms with Crippen molar-refractivity contribution >= 4 is 22.7 Å². The lowest BCUT2D eigenvalue weighted by Gasteiger charge is -2.16. The Balaban J connectivity index is 1.76. The van der Waals surface area contributed by atoms with Gasteiger partial charge in [0, 0.05) is 24.8 Å². The van der Waals surface area contributed by atoms with Crippen molar-refractivity contribution in [3.63, 3.8) is 0 Å². The van der Waals surface area contributed by atoms with Gasteiger partial charge in [-0.05, 0) is 37.0 Å². The number of carboxylic acid groups (broad SMARTS) is 1. The summed E-state index contributed by atoms with van der Waals surface area (Å²) in [5.74, 6) is -1.01. The number of alkyl halides is 3. The number of carbonyl (C=O) groups is 1. The lowest BCUT2D eigenvalue weighted by molar-refractivity contribution is -0.141. The lowest BCUT2D eigenvalue weighted by atomic mass is 10.0. The zero-order chi connectivity index (χ0) is 22.3. The average molecular weight is 432 g/mol. The second kappa shape index (κ2) is 7.68. The largest absolute Gasteiger partial charge is 0.481 e. The Morgan fingerprint density at radius 2 is 1.90 bits per heavy atom. The fourth-order valence-corrected chi connectivity index (χ4v) is 3.90. The third-order valence-corrected chi connectivity index (χ3v) is 5.59. The van der Waals surface area contributed by atoms with Crippen LogP contribution in [0.3, 0.4) is 0 Å². The molecule has 0 radical (unpaired) electrons. The van der Waals surface area contributed by atoms with E-state index in [4.69, 9.17) is 0 Å². The molecule has 0 unspecified atom stereocenters. The number of rotatable bonds is 4. The average Bonchev–Trinajstić information content (AvgIpc) is 3.19. The van der Waals surface area contributed by atoms with Crippen LogP contribution < -0.4 is 10.9 Å². The molecule has 1 fully saturated rings. The summed E-state index contributed by atoms with van der Waals surface area (Å²) in [6, 6.07) is 4.43. The van der Waals surface area contributed by atoms with Gasteiger partial charge in [-0.2, -0.15) is 13.2 Å². The number of benzene rings is 1. The number of pyridine rings is 1. The number of nitrogens with zero attached hydrogens (tertiary/aromatic N) is 3. The third-order valence-electron chi connectivity index (χ3n) is 5.59. The molecule has 31 heavy (non-hydrogen) atoms. The maximum Gasteiger partial charge on any atom is 0.416 e. The predicted octanol–water partition coefficient (Wildman–Crippen LogP) is 3.68. The molecule has 3 aromatic rings. The maximum absolute atomic E-state index is 12.9. The van der Waals surface area contributed by atoms with Crippen LogP contribution in [0.15, 0.2) is 41.6 Å². The van der Waals surface area contributed by atoms with Gasteiger partial charge in [-0.3, -0.25) is 9.59 Å². The van der Waals surface area contributed by atoms with Crippen molar-refractivity contribution in [3.05, 3.63) is 52.7 Å². The number of carboxylic acids is 1. The minimum atomic E-state index is -4.45. The summed E-state index contributed by atoms with van der Waals surface area (Å²) in [5.41, 5.74) is 0.0611. The van der Waals surface area contributed by atoms with E-state index in [0.29, 0.717) is 35.9 Å². The molecule has 4 rings (SSSR count). The molecule has 2 aromatic heterocycles. The molecule has 2 N–H and O–H groups in total. The fourth-order valence-electron chi connectivity index (χ4n) is 3.90. The molecule has 7 nitrogen and oxygen atoms in total. The molecule has 162 valence electrons. The first kappa shape index (κ1) is 20.8. The molecule has 0 aliphatic heterocycles. The molecule has 0 bridgehead atoms. The van der Waals surface area contributed by atoms with E-state index in [-0.39, 0.29) is 22.8 Å². The zero-order valence-corrected chi connectivity index (χ0v) is 16.5. The normalized spacial score (nSPS) is 19.0. The van der Waals surface area contributed by atoms with E-state index >= 15 is 0 Å².